The molecule has 0 fully saturated rings. The Balaban J connectivity index is 1.80. The van der Waals surface area contributed by atoms with E-state index in [0.717, 1.165) is 11.1 Å². The van der Waals surface area contributed by atoms with E-state index in [9.17, 15) is 14.4 Å². The predicted octanol–water partition coefficient (Wildman–Crippen LogP) is 3.42. The summed E-state index contributed by atoms with van der Waals surface area (Å²) in [5.74, 6) is -0.700. The summed E-state index contributed by atoms with van der Waals surface area (Å²) in [6.07, 6.45) is 1.66. The first-order valence-corrected chi connectivity index (χ1v) is 8.86. The van der Waals surface area contributed by atoms with Crippen LogP contribution in [0, 0.1) is 6.92 Å². The Morgan fingerprint density at radius 3 is 2.29 bits per heavy atom. The lowest BCUT2D eigenvalue weighted by Crippen LogP contribution is -2.29. The molecule has 0 spiro atoms. The standard InChI is InChI=1S/C22H21N3O3/c1-15-8-10-17(11-9-15)14-25-12-4-7-20(22(25)28)21(27)24-19-6-3-5-18(13-19)23-16(2)26/h3-13H,14H2,1-2H3,(H,23,26)(H,24,27). The van der Waals surface area contributed by atoms with Crippen molar-refractivity contribution in [2.45, 2.75) is 20.4 Å². The first-order valence-electron chi connectivity index (χ1n) is 8.86. The van der Waals surface area contributed by atoms with Gasteiger partial charge in [0.1, 0.15) is 5.56 Å². The summed E-state index contributed by atoms with van der Waals surface area (Å²) < 4.78 is 1.51. The molecule has 0 aliphatic heterocycles. The van der Waals surface area contributed by atoms with E-state index in [2.05, 4.69) is 10.6 Å². The van der Waals surface area contributed by atoms with Crippen molar-refractivity contribution in [3.8, 4) is 0 Å². The highest BCUT2D eigenvalue weighted by Gasteiger charge is 2.13. The van der Waals surface area contributed by atoms with Gasteiger partial charge in [-0.2, -0.15) is 0 Å². The van der Waals surface area contributed by atoms with Crippen LogP contribution in [0.2, 0.25) is 0 Å². The van der Waals surface area contributed by atoms with E-state index >= 15 is 0 Å². The van der Waals surface area contributed by atoms with Crippen LogP contribution in [-0.4, -0.2) is 16.4 Å². The topological polar surface area (TPSA) is 80.2 Å². The van der Waals surface area contributed by atoms with E-state index in [1.165, 1.54) is 17.6 Å². The Morgan fingerprint density at radius 2 is 1.61 bits per heavy atom. The summed E-state index contributed by atoms with van der Waals surface area (Å²) >= 11 is 0. The minimum Gasteiger partial charge on any atom is -0.326 e. The quantitative estimate of drug-likeness (QED) is 0.717. The van der Waals surface area contributed by atoms with Crippen LogP contribution in [0.1, 0.15) is 28.4 Å². The van der Waals surface area contributed by atoms with Crippen molar-refractivity contribution in [3.05, 3.63) is 93.9 Å². The van der Waals surface area contributed by atoms with Crippen LogP contribution in [-0.2, 0) is 11.3 Å². The van der Waals surface area contributed by atoms with E-state index in [0.29, 0.717) is 17.9 Å². The Labute approximate surface area is 162 Å². The molecule has 6 nitrogen and oxygen atoms in total. The van der Waals surface area contributed by atoms with Crippen molar-refractivity contribution in [2.75, 3.05) is 10.6 Å². The van der Waals surface area contributed by atoms with Gasteiger partial charge >= 0.3 is 0 Å². The minimum absolute atomic E-state index is 0.0551. The largest absolute Gasteiger partial charge is 0.326 e. The number of carbonyl (C=O) groups is 2. The molecule has 1 aromatic heterocycles. The van der Waals surface area contributed by atoms with Crippen LogP contribution in [0.15, 0.2) is 71.7 Å². The van der Waals surface area contributed by atoms with Gasteiger partial charge in [0, 0.05) is 24.5 Å². The van der Waals surface area contributed by atoms with E-state index < -0.39 is 5.91 Å². The fourth-order valence-corrected chi connectivity index (χ4v) is 2.80. The first-order chi connectivity index (χ1) is 13.4. The molecule has 0 radical (unpaired) electrons. The Morgan fingerprint density at radius 1 is 0.929 bits per heavy atom. The molecule has 0 atom stereocenters. The number of anilines is 2. The van der Waals surface area contributed by atoms with Crippen LogP contribution >= 0.6 is 0 Å². The number of hydrogen-bond donors (Lipinski definition) is 2. The Hall–Kier alpha value is -3.67. The van der Waals surface area contributed by atoms with Crippen LogP contribution in [0.4, 0.5) is 11.4 Å². The molecule has 3 aromatic rings. The lowest BCUT2D eigenvalue weighted by molar-refractivity contribution is -0.114. The zero-order valence-electron chi connectivity index (χ0n) is 15.7. The van der Waals surface area contributed by atoms with Gasteiger partial charge in [-0.05, 0) is 42.8 Å². The van der Waals surface area contributed by atoms with Crippen molar-refractivity contribution < 1.29 is 9.59 Å². The maximum absolute atomic E-state index is 12.7. The van der Waals surface area contributed by atoms with Crippen LogP contribution < -0.4 is 16.2 Å². The SMILES string of the molecule is CC(=O)Nc1cccc(NC(=O)c2cccn(Cc3ccc(C)cc3)c2=O)c1. The molecule has 2 N–H and O–H groups in total. The molecule has 142 valence electrons. The maximum Gasteiger partial charge on any atom is 0.263 e. The van der Waals surface area contributed by atoms with Gasteiger partial charge in [0.05, 0.1) is 6.54 Å². The normalized spacial score (nSPS) is 10.4. The molecule has 0 aliphatic carbocycles. The van der Waals surface area contributed by atoms with Gasteiger partial charge in [-0.15, -0.1) is 0 Å². The number of amides is 2. The van der Waals surface area contributed by atoms with Gasteiger partial charge in [-0.25, -0.2) is 0 Å². The second kappa shape index (κ2) is 8.35. The molecular formula is C22H21N3O3. The van der Waals surface area contributed by atoms with E-state index in [-0.39, 0.29) is 17.0 Å². The third-order valence-corrected chi connectivity index (χ3v) is 4.18. The molecule has 2 amide bonds. The van der Waals surface area contributed by atoms with Crippen LogP contribution in [0.5, 0.6) is 0 Å². The second-order valence-corrected chi connectivity index (χ2v) is 6.56. The highest BCUT2D eigenvalue weighted by molar-refractivity contribution is 6.04. The highest BCUT2D eigenvalue weighted by Crippen LogP contribution is 2.15. The zero-order chi connectivity index (χ0) is 20.1. The van der Waals surface area contributed by atoms with Crippen molar-refractivity contribution in [3.63, 3.8) is 0 Å². The van der Waals surface area contributed by atoms with E-state index in [1.807, 2.05) is 31.2 Å². The molecule has 0 aliphatic rings. The molecule has 0 saturated heterocycles. The Bertz CT molecular complexity index is 1070. The average Bonchev–Trinajstić information content (AvgIpc) is 2.65. The van der Waals surface area contributed by atoms with Crippen molar-refractivity contribution in [1.82, 2.24) is 4.57 Å². The third kappa shape index (κ3) is 4.73. The molecule has 1 heterocycles. The molecule has 0 unspecified atom stereocenters. The van der Waals surface area contributed by atoms with Gasteiger partial charge in [0.25, 0.3) is 11.5 Å². The van der Waals surface area contributed by atoms with Crippen LogP contribution in [0.3, 0.4) is 0 Å². The summed E-state index contributed by atoms with van der Waals surface area (Å²) in [6, 6.07) is 17.8. The number of pyridine rings is 1. The second-order valence-electron chi connectivity index (χ2n) is 6.56. The van der Waals surface area contributed by atoms with Crippen molar-refractivity contribution >= 4 is 23.2 Å². The average molecular weight is 375 g/mol. The fraction of sp³-hybridized carbons (Fsp3) is 0.136. The van der Waals surface area contributed by atoms with Gasteiger partial charge in [0.15, 0.2) is 0 Å². The summed E-state index contributed by atoms with van der Waals surface area (Å²) in [5.41, 5.74) is 2.87. The maximum atomic E-state index is 12.7. The summed E-state index contributed by atoms with van der Waals surface area (Å²) in [7, 11) is 0. The number of carbonyl (C=O) groups excluding carboxylic acids is 2. The zero-order valence-corrected chi connectivity index (χ0v) is 15.7. The predicted molar refractivity (Wildman–Crippen MR) is 110 cm³/mol. The van der Waals surface area contributed by atoms with Crippen molar-refractivity contribution in [1.29, 1.82) is 0 Å². The minimum atomic E-state index is -0.497. The lowest BCUT2D eigenvalue weighted by Gasteiger charge is -2.10. The number of rotatable bonds is 5. The van der Waals surface area contributed by atoms with Crippen LogP contribution in [0.25, 0.3) is 0 Å². The molecule has 28 heavy (non-hydrogen) atoms. The third-order valence-electron chi connectivity index (χ3n) is 4.18. The molecule has 0 saturated carbocycles. The number of nitrogens with one attached hydrogen (secondary N) is 2. The van der Waals surface area contributed by atoms with E-state index in [4.69, 9.17) is 0 Å². The van der Waals surface area contributed by atoms with Gasteiger partial charge < -0.3 is 15.2 Å². The summed E-state index contributed by atoms with van der Waals surface area (Å²) in [6.45, 7) is 3.80. The van der Waals surface area contributed by atoms with Gasteiger partial charge in [-0.1, -0.05) is 35.9 Å². The Kier molecular flexibility index (Phi) is 5.69. The number of nitrogens with zero attached hydrogens (tertiary/aromatic N) is 1. The molecule has 2 aromatic carbocycles. The van der Waals surface area contributed by atoms with Crippen molar-refractivity contribution in [2.24, 2.45) is 0 Å². The smallest absolute Gasteiger partial charge is 0.263 e. The van der Waals surface area contributed by atoms with E-state index in [1.54, 1.807) is 36.5 Å². The molecule has 6 heteroatoms. The number of hydrogen-bond acceptors (Lipinski definition) is 3. The van der Waals surface area contributed by atoms with Gasteiger partial charge in [-0.3, -0.25) is 14.4 Å². The number of aromatic nitrogens is 1. The molecular weight excluding hydrogens is 354 g/mol. The number of aryl methyl sites for hydroxylation is 1. The number of benzene rings is 2. The lowest BCUT2D eigenvalue weighted by atomic mass is 10.1. The fourth-order valence-electron chi connectivity index (χ4n) is 2.80. The molecule has 0 bridgehead atoms. The summed E-state index contributed by atoms with van der Waals surface area (Å²) in [4.78, 5) is 36.5. The highest BCUT2D eigenvalue weighted by atomic mass is 16.2. The van der Waals surface area contributed by atoms with Gasteiger partial charge in [0.2, 0.25) is 5.91 Å². The first kappa shape index (κ1) is 19.1. The molecule has 3 rings (SSSR count). The monoisotopic (exact) mass is 375 g/mol. The summed E-state index contributed by atoms with van der Waals surface area (Å²) in [5, 5.41) is 5.36.